The first-order valence-corrected chi connectivity index (χ1v) is 4.52. The van der Waals surface area contributed by atoms with Crippen molar-refractivity contribution in [2.24, 2.45) is 0 Å². The molecule has 0 saturated heterocycles. The number of amides is 1. The van der Waals surface area contributed by atoms with Gasteiger partial charge in [-0.05, 0) is 13.8 Å². The number of carbonyl (C=O) groups is 1. The molecular weight excluding hydrogens is 317 g/mol. The topological polar surface area (TPSA) is 72.9 Å². The van der Waals surface area contributed by atoms with E-state index in [4.69, 9.17) is 4.74 Å². The molecule has 0 fully saturated rings. The van der Waals surface area contributed by atoms with Crippen LogP contribution >= 0.6 is 0 Å². The van der Waals surface area contributed by atoms with Crippen LogP contribution in [0.2, 0.25) is 0 Å². The molecule has 0 spiro atoms. The summed E-state index contributed by atoms with van der Waals surface area (Å²) < 4.78 is 14.1. The third-order valence-corrected chi connectivity index (χ3v) is 1.95. The van der Waals surface area contributed by atoms with Gasteiger partial charge in [0.25, 0.3) is 0 Å². The van der Waals surface area contributed by atoms with Gasteiger partial charge in [-0.1, -0.05) is 0 Å². The minimum Gasteiger partial charge on any atom is -0.441 e. The fourth-order valence-electron chi connectivity index (χ4n) is 0.873. The summed E-state index contributed by atoms with van der Waals surface area (Å²) in [6, 6.07) is 0. The Morgan fingerprint density at radius 3 is 2.50 bits per heavy atom. The van der Waals surface area contributed by atoms with Crippen LogP contribution in [0.1, 0.15) is 18.4 Å². The Balaban J connectivity index is 0.00000225. The quantitative estimate of drug-likeness (QED) is 0.818. The molecule has 1 aromatic heterocycles. The van der Waals surface area contributed by atoms with Crippen LogP contribution < -0.4 is 5.82 Å². The summed E-state index contributed by atoms with van der Waals surface area (Å²) >= 11 is 0. The van der Waals surface area contributed by atoms with Gasteiger partial charge in [0.05, 0.1) is 0 Å². The maximum atomic E-state index is 11.2. The van der Waals surface area contributed by atoms with Gasteiger partial charge in [-0.25, -0.2) is 9.59 Å². The molecule has 0 N–H and O–H groups in total. The first-order chi connectivity index (χ1) is 7.04. The molecule has 87 valence electrons. The number of carbonyl (C=O) groups excluding carboxylic acids is 1. The van der Waals surface area contributed by atoms with E-state index in [0.717, 1.165) is 0 Å². The SMILES string of the molecule is CCN(C)C(=O)OCc1oc(=O)oc1C.[In]. The van der Waals surface area contributed by atoms with Crippen LogP contribution in [0, 0.1) is 6.92 Å². The van der Waals surface area contributed by atoms with Crippen molar-refractivity contribution in [2.75, 3.05) is 13.6 Å². The van der Waals surface area contributed by atoms with E-state index in [-0.39, 0.29) is 38.2 Å². The molecule has 0 aliphatic carbocycles. The van der Waals surface area contributed by atoms with Gasteiger partial charge in [0, 0.05) is 39.4 Å². The molecule has 1 amide bonds. The minimum absolute atomic E-state index is 0. The second kappa shape index (κ2) is 6.67. The molecule has 0 atom stereocenters. The Bertz CT molecular complexity index is 397. The van der Waals surface area contributed by atoms with Crippen LogP contribution in [0.3, 0.4) is 0 Å². The van der Waals surface area contributed by atoms with E-state index in [0.29, 0.717) is 12.3 Å². The van der Waals surface area contributed by atoms with Crippen LogP contribution in [-0.4, -0.2) is 50.4 Å². The minimum atomic E-state index is -0.789. The molecule has 3 radical (unpaired) electrons. The summed E-state index contributed by atoms with van der Waals surface area (Å²) in [6.07, 6.45) is -0.472. The molecule has 1 aromatic rings. The van der Waals surface area contributed by atoms with Crippen molar-refractivity contribution in [1.82, 2.24) is 4.90 Å². The zero-order chi connectivity index (χ0) is 11.4. The largest absolute Gasteiger partial charge is 0.519 e. The first-order valence-electron chi connectivity index (χ1n) is 4.52. The van der Waals surface area contributed by atoms with Crippen LogP contribution in [0.5, 0.6) is 0 Å². The summed E-state index contributed by atoms with van der Waals surface area (Å²) in [5.41, 5.74) is 0. The molecular formula is C9H13InNO5. The average molecular weight is 330 g/mol. The van der Waals surface area contributed by atoms with Gasteiger partial charge in [0.2, 0.25) is 0 Å². The fraction of sp³-hybridized carbons (Fsp3) is 0.556. The molecule has 0 unspecified atom stereocenters. The zero-order valence-corrected chi connectivity index (χ0v) is 12.8. The number of hydrogen-bond donors (Lipinski definition) is 0. The molecule has 1 heterocycles. The maximum absolute atomic E-state index is 11.2. The normalized spacial score (nSPS) is 9.44. The molecule has 7 heteroatoms. The molecule has 0 saturated carbocycles. The summed E-state index contributed by atoms with van der Waals surface area (Å²) in [5, 5.41) is 0. The summed E-state index contributed by atoms with van der Waals surface area (Å²) in [6.45, 7) is 3.84. The Morgan fingerprint density at radius 1 is 1.44 bits per heavy atom. The second-order valence-electron chi connectivity index (χ2n) is 3.00. The van der Waals surface area contributed by atoms with Gasteiger partial charge >= 0.3 is 11.9 Å². The van der Waals surface area contributed by atoms with E-state index in [2.05, 4.69) is 8.83 Å². The summed E-state index contributed by atoms with van der Waals surface area (Å²) in [4.78, 5) is 23.3. The molecule has 6 nitrogen and oxygen atoms in total. The zero-order valence-electron chi connectivity index (χ0n) is 9.48. The molecule has 0 aliphatic heterocycles. The molecule has 0 aliphatic rings. The second-order valence-corrected chi connectivity index (χ2v) is 3.00. The number of aryl methyl sites for hydroxylation is 1. The monoisotopic (exact) mass is 330 g/mol. The van der Waals surface area contributed by atoms with Crippen LogP contribution in [0.25, 0.3) is 0 Å². The van der Waals surface area contributed by atoms with Gasteiger partial charge < -0.3 is 18.5 Å². The summed E-state index contributed by atoms with van der Waals surface area (Å²) in [5.74, 6) is -0.229. The fourth-order valence-corrected chi connectivity index (χ4v) is 0.873. The Morgan fingerprint density at radius 2 is 2.06 bits per heavy atom. The van der Waals surface area contributed by atoms with Gasteiger partial charge in [0.1, 0.15) is 0 Å². The van der Waals surface area contributed by atoms with Crippen molar-refractivity contribution in [2.45, 2.75) is 20.5 Å². The van der Waals surface area contributed by atoms with E-state index >= 15 is 0 Å². The molecule has 0 aromatic carbocycles. The number of nitrogens with zero attached hydrogens (tertiary/aromatic N) is 1. The van der Waals surface area contributed by atoms with Crippen molar-refractivity contribution < 1.29 is 18.4 Å². The first kappa shape index (κ1) is 15.2. The third-order valence-electron chi connectivity index (χ3n) is 1.95. The standard InChI is InChI=1S/C9H13NO5.In/c1-4-10(3)8(11)13-5-7-6(2)14-9(12)15-7;/h4-5H2,1-3H3;. The van der Waals surface area contributed by atoms with E-state index in [1.54, 1.807) is 14.0 Å². The average Bonchev–Trinajstić information content (AvgIpc) is 2.52. The Labute approximate surface area is 111 Å². The van der Waals surface area contributed by atoms with E-state index in [9.17, 15) is 9.59 Å². The van der Waals surface area contributed by atoms with Crippen LogP contribution in [0.15, 0.2) is 13.6 Å². The van der Waals surface area contributed by atoms with Crippen LogP contribution in [-0.2, 0) is 11.3 Å². The predicted octanol–water partition coefficient (Wildman–Crippen LogP) is 0.749. The maximum Gasteiger partial charge on any atom is 0.519 e. The van der Waals surface area contributed by atoms with Gasteiger partial charge in [0.15, 0.2) is 18.1 Å². The van der Waals surface area contributed by atoms with Gasteiger partial charge in [-0.2, -0.15) is 0 Å². The van der Waals surface area contributed by atoms with Crippen molar-refractivity contribution in [3.63, 3.8) is 0 Å². The van der Waals surface area contributed by atoms with Crippen molar-refractivity contribution in [3.8, 4) is 0 Å². The molecule has 1 rings (SSSR count). The van der Waals surface area contributed by atoms with Crippen molar-refractivity contribution in [3.05, 3.63) is 22.1 Å². The summed E-state index contributed by atoms with van der Waals surface area (Å²) in [7, 11) is 1.61. The van der Waals surface area contributed by atoms with Crippen molar-refractivity contribution in [1.29, 1.82) is 0 Å². The number of hydrogen-bond acceptors (Lipinski definition) is 5. The van der Waals surface area contributed by atoms with E-state index < -0.39 is 11.9 Å². The van der Waals surface area contributed by atoms with Crippen molar-refractivity contribution >= 4 is 31.9 Å². The number of ether oxygens (including phenoxy) is 1. The smallest absolute Gasteiger partial charge is 0.441 e. The van der Waals surface area contributed by atoms with Gasteiger partial charge in [-0.3, -0.25) is 0 Å². The van der Waals surface area contributed by atoms with E-state index in [1.807, 2.05) is 6.92 Å². The Hall–Kier alpha value is -0.850. The third kappa shape index (κ3) is 3.96. The predicted molar refractivity (Wildman–Crippen MR) is 56.2 cm³/mol. The van der Waals surface area contributed by atoms with E-state index in [1.165, 1.54) is 4.90 Å². The van der Waals surface area contributed by atoms with Crippen LogP contribution in [0.4, 0.5) is 4.79 Å². The molecule has 0 bridgehead atoms. The molecule has 16 heavy (non-hydrogen) atoms. The Kier molecular flexibility index (Phi) is 6.32. The number of rotatable bonds is 3. The van der Waals surface area contributed by atoms with Gasteiger partial charge in [-0.15, -0.1) is 0 Å².